The second kappa shape index (κ2) is 6.65. The zero-order chi connectivity index (χ0) is 13.7. The van der Waals surface area contributed by atoms with Crippen molar-refractivity contribution in [3.8, 4) is 12.3 Å². The van der Waals surface area contributed by atoms with Crippen molar-refractivity contribution in [1.29, 1.82) is 0 Å². The molecule has 1 aromatic rings. The van der Waals surface area contributed by atoms with Crippen molar-refractivity contribution in [2.45, 2.75) is 45.7 Å². The highest BCUT2D eigenvalue weighted by Crippen LogP contribution is 2.19. The van der Waals surface area contributed by atoms with Crippen molar-refractivity contribution in [3.05, 3.63) is 22.4 Å². The van der Waals surface area contributed by atoms with Crippen molar-refractivity contribution in [2.24, 2.45) is 0 Å². The summed E-state index contributed by atoms with van der Waals surface area (Å²) >= 11 is 3.39. The van der Waals surface area contributed by atoms with Gasteiger partial charge in [-0.1, -0.05) is 19.3 Å². The van der Waals surface area contributed by atoms with Crippen LogP contribution in [0.15, 0.2) is 16.7 Å². The molecule has 1 heterocycles. The van der Waals surface area contributed by atoms with Gasteiger partial charge in [-0.3, -0.25) is 4.79 Å². The molecule has 18 heavy (non-hydrogen) atoms. The average molecular weight is 311 g/mol. The summed E-state index contributed by atoms with van der Waals surface area (Å²) in [6, 6.07) is 1.85. The molecular formula is C14H19BrN2O. The SMILES string of the molecule is C#CC(CCC)NC(=O)c1cc(Br)cn1C(C)C. The third-order valence-corrected chi connectivity index (χ3v) is 3.12. The zero-order valence-corrected chi connectivity index (χ0v) is 12.6. The predicted octanol–water partition coefficient (Wildman–Crippen LogP) is 3.36. The molecule has 1 amide bonds. The lowest BCUT2D eigenvalue weighted by molar-refractivity contribution is 0.0933. The maximum absolute atomic E-state index is 12.2. The van der Waals surface area contributed by atoms with E-state index in [0.717, 1.165) is 17.3 Å². The second-order valence-electron chi connectivity index (χ2n) is 4.53. The van der Waals surface area contributed by atoms with Crippen molar-refractivity contribution in [1.82, 2.24) is 9.88 Å². The lowest BCUT2D eigenvalue weighted by Crippen LogP contribution is -2.35. The molecule has 1 atom stereocenters. The largest absolute Gasteiger partial charge is 0.340 e. The van der Waals surface area contributed by atoms with Crippen LogP contribution in [0.1, 0.15) is 50.1 Å². The van der Waals surface area contributed by atoms with Crippen LogP contribution in [-0.4, -0.2) is 16.5 Å². The molecule has 4 heteroatoms. The highest BCUT2D eigenvalue weighted by Gasteiger charge is 2.17. The number of rotatable bonds is 5. The minimum Gasteiger partial charge on any atom is -0.340 e. The maximum atomic E-state index is 12.2. The Balaban J connectivity index is 2.87. The number of aromatic nitrogens is 1. The number of nitrogens with zero attached hydrogens (tertiary/aromatic N) is 1. The Bertz CT molecular complexity index is 457. The Kier molecular flexibility index (Phi) is 5.49. The molecule has 0 fully saturated rings. The molecule has 0 saturated carbocycles. The molecule has 98 valence electrons. The monoisotopic (exact) mass is 310 g/mol. The van der Waals surface area contributed by atoms with Gasteiger partial charge in [-0.15, -0.1) is 6.42 Å². The van der Waals surface area contributed by atoms with Gasteiger partial charge < -0.3 is 9.88 Å². The first-order valence-electron chi connectivity index (χ1n) is 6.14. The number of amides is 1. The van der Waals surface area contributed by atoms with Crippen LogP contribution in [0.25, 0.3) is 0 Å². The standard InChI is InChI=1S/C14H19BrN2O/c1-5-7-12(6-2)16-14(18)13-8-11(15)9-17(13)10(3)4/h2,8-10,12H,5,7H2,1,3-4H3,(H,16,18). The van der Waals surface area contributed by atoms with Gasteiger partial charge in [0.2, 0.25) is 0 Å². The van der Waals surface area contributed by atoms with E-state index in [1.54, 1.807) is 0 Å². The van der Waals surface area contributed by atoms with Gasteiger partial charge in [0.05, 0.1) is 6.04 Å². The van der Waals surface area contributed by atoms with E-state index in [2.05, 4.69) is 27.2 Å². The van der Waals surface area contributed by atoms with Crippen LogP contribution in [-0.2, 0) is 0 Å². The lowest BCUT2D eigenvalue weighted by atomic mass is 10.2. The first kappa shape index (κ1) is 14.8. The summed E-state index contributed by atoms with van der Waals surface area (Å²) in [5, 5.41) is 2.88. The Morgan fingerprint density at radius 3 is 2.78 bits per heavy atom. The molecule has 1 rings (SSSR count). The Morgan fingerprint density at radius 1 is 1.61 bits per heavy atom. The number of halogens is 1. The molecular weight excluding hydrogens is 292 g/mol. The van der Waals surface area contributed by atoms with Crippen LogP contribution in [0.5, 0.6) is 0 Å². The molecule has 0 aliphatic rings. The van der Waals surface area contributed by atoms with Crippen LogP contribution in [0.2, 0.25) is 0 Å². The summed E-state index contributed by atoms with van der Waals surface area (Å²) in [7, 11) is 0. The fourth-order valence-electron chi connectivity index (χ4n) is 1.77. The number of terminal acetylenes is 1. The van der Waals surface area contributed by atoms with E-state index in [1.165, 1.54) is 0 Å². The van der Waals surface area contributed by atoms with Crippen LogP contribution < -0.4 is 5.32 Å². The van der Waals surface area contributed by atoms with Crippen molar-refractivity contribution < 1.29 is 4.79 Å². The molecule has 0 radical (unpaired) electrons. The summed E-state index contributed by atoms with van der Waals surface area (Å²) < 4.78 is 2.83. The van der Waals surface area contributed by atoms with Gasteiger partial charge in [0.25, 0.3) is 5.91 Å². The first-order chi connectivity index (χ1) is 8.49. The molecule has 0 saturated heterocycles. The van der Waals surface area contributed by atoms with Gasteiger partial charge in [0, 0.05) is 16.7 Å². The van der Waals surface area contributed by atoms with E-state index in [0.29, 0.717) is 5.69 Å². The number of carbonyl (C=O) groups excluding carboxylic acids is 1. The van der Waals surface area contributed by atoms with Crippen molar-refractivity contribution in [3.63, 3.8) is 0 Å². The third kappa shape index (κ3) is 3.64. The predicted molar refractivity (Wildman–Crippen MR) is 77.5 cm³/mol. The summed E-state index contributed by atoms with van der Waals surface area (Å²) in [5.74, 6) is 2.49. The van der Waals surface area contributed by atoms with E-state index in [9.17, 15) is 4.79 Å². The molecule has 0 aliphatic carbocycles. The fraction of sp³-hybridized carbons (Fsp3) is 0.500. The van der Waals surface area contributed by atoms with Crippen LogP contribution >= 0.6 is 15.9 Å². The molecule has 0 aromatic carbocycles. The molecule has 0 aliphatic heterocycles. The molecule has 1 unspecified atom stereocenters. The summed E-state index contributed by atoms with van der Waals surface area (Å²) in [5.41, 5.74) is 0.633. The van der Waals surface area contributed by atoms with E-state index in [4.69, 9.17) is 6.42 Å². The number of nitrogens with one attached hydrogen (secondary N) is 1. The number of carbonyl (C=O) groups is 1. The van der Waals surface area contributed by atoms with Gasteiger partial charge in [0.15, 0.2) is 0 Å². The third-order valence-electron chi connectivity index (χ3n) is 2.69. The smallest absolute Gasteiger partial charge is 0.268 e. The van der Waals surface area contributed by atoms with Gasteiger partial charge in [-0.05, 0) is 42.3 Å². The Labute approximate surface area is 117 Å². The number of hydrogen-bond donors (Lipinski definition) is 1. The zero-order valence-electron chi connectivity index (χ0n) is 11.0. The normalized spacial score (nSPS) is 12.2. The quantitative estimate of drug-likeness (QED) is 0.831. The van der Waals surface area contributed by atoms with Gasteiger partial charge in [0.1, 0.15) is 5.69 Å². The van der Waals surface area contributed by atoms with Crippen molar-refractivity contribution in [2.75, 3.05) is 0 Å². The van der Waals surface area contributed by atoms with Crippen LogP contribution in [0.4, 0.5) is 0 Å². The first-order valence-corrected chi connectivity index (χ1v) is 6.93. The van der Waals surface area contributed by atoms with Crippen molar-refractivity contribution >= 4 is 21.8 Å². The molecule has 0 bridgehead atoms. The lowest BCUT2D eigenvalue weighted by Gasteiger charge is -2.15. The highest BCUT2D eigenvalue weighted by molar-refractivity contribution is 9.10. The second-order valence-corrected chi connectivity index (χ2v) is 5.44. The van der Waals surface area contributed by atoms with Gasteiger partial charge >= 0.3 is 0 Å². The van der Waals surface area contributed by atoms with Gasteiger partial charge in [-0.25, -0.2) is 0 Å². The van der Waals surface area contributed by atoms with E-state index < -0.39 is 0 Å². The summed E-state index contributed by atoms with van der Waals surface area (Å²) in [6.45, 7) is 6.12. The van der Waals surface area contributed by atoms with Crippen LogP contribution in [0.3, 0.4) is 0 Å². The maximum Gasteiger partial charge on any atom is 0.268 e. The molecule has 0 spiro atoms. The van der Waals surface area contributed by atoms with E-state index >= 15 is 0 Å². The summed E-state index contributed by atoms with van der Waals surface area (Å²) in [4.78, 5) is 12.2. The Hall–Kier alpha value is -1.21. The minimum absolute atomic E-state index is 0.120. The average Bonchev–Trinajstić information content (AvgIpc) is 2.71. The highest BCUT2D eigenvalue weighted by atomic mass is 79.9. The van der Waals surface area contributed by atoms with Gasteiger partial charge in [-0.2, -0.15) is 0 Å². The minimum atomic E-state index is -0.197. The molecule has 3 nitrogen and oxygen atoms in total. The fourth-order valence-corrected chi connectivity index (χ4v) is 2.21. The molecule has 1 N–H and O–H groups in total. The number of hydrogen-bond acceptors (Lipinski definition) is 1. The molecule has 1 aromatic heterocycles. The summed E-state index contributed by atoms with van der Waals surface area (Å²) in [6.07, 6.45) is 9.06. The topological polar surface area (TPSA) is 34.0 Å². The van der Waals surface area contributed by atoms with E-state index in [-0.39, 0.29) is 18.0 Å². The van der Waals surface area contributed by atoms with E-state index in [1.807, 2.05) is 37.6 Å². The van der Waals surface area contributed by atoms with Crippen LogP contribution in [0, 0.1) is 12.3 Å². The Morgan fingerprint density at radius 2 is 2.28 bits per heavy atom.